The van der Waals surface area contributed by atoms with E-state index in [-0.39, 0.29) is 5.95 Å². The minimum absolute atomic E-state index is 0.273. The molecule has 0 radical (unpaired) electrons. The lowest BCUT2D eigenvalue weighted by atomic mass is 10.2. The SMILES string of the molecule is Nc1nc(Nc2ccc3ncccc3c2)c2ccsc2n1. The van der Waals surface area contributed by atoms with Crippen LogP contribution in [-0.4, -0.2) is 15.0 Å². The third-order valence-corrected chi connectivity index (χ3v) is 4.01. The molecule has 0 saturated heterocycles. The normalized spacial score (nSPS) is 11.0. The first-order valence-electron chi connectivity index (χ1n) is 6.42. The fourth-order valence-electron chi connectivity index (χ4n) is 2.26. The highest BCUT2D eigenvalue weighted by Crippen LogP contribution is 2.28. The van der Waals surface area contributed by atoms with Crippen molar-refractivity contribution < 1.29 is 0 Å². The summed E-state index contributed by atoms with van der Waals surface area (Å²) < 4.78 is 0. The minimum atomic E-state index is 0.273. The summed E-state index contributed by atoms with van der Waals surface area (Å²) in [6, 6.07) is 11.9. The van der Waals surface area contributed by atoms with E-state index in [2.05, 4.69) is 20.3 Å². The Hall–Kier alpha value is -2.73. The Balaban J connectivity index is 1.80. The van der Waals surface area contributed by atoms with Crippen LogP contribution in [-0.2, 0) is 0 Å². The van der Waals surface area contributed by atoms with Crippen LogP contribution in [0.25, 0.3) is 21.1 Å². The number of fused-ring (bicyclic) bond motifs is 2. The van der Waals surface area contributed by atoms with Crippen LogP contribution < -0.4 is 11.1 Å². The Morgan fingerprint density at radius 2 is 2.05 bits per heavy atom. The van der Waals surface area contributed by atoms with E-state index in [0.29, 0.717) is 0 Å². The van der Waals surface area contributed by atoms with Crippen LogP contribution in [0.2, 0.25) is 0 Å². The predicted octanol–water partition coefficient (Wildman–Crippen LogP) is 3.57. The van der Waals surface area contributed by atoms with E-state index in [1.54, 1.807) is 17.5 Å². The van der Waals surface area contributed by atoms with Gasteiger partial charge < -0.3 is 11.1 Å². The zero-order valence-electron chi connectivity index (χ0n) is 10.9. The first kappa shape index (κ1) is 12.0. The van der Waals surface area contributed by atoms with Gasteiger partial charge in [-0.3, -0.25) is 4.98 Å². The van der Waals surface area contributed by atoms with E-state index < -0.39 is 0 Å². The predicted molar refractivity (Wildman–Crippen MR) is 86.9 cm³/mol. The number of rotatable bonds is 2. The molecular weight excluding hydrogens is 282 g/mol. The maximum Gasteiger partial charge on any atom is 0.223 e. The molecule has 0 aliphatic heterocycles. The van der Waals surface area contributed by atoms with Crippen molar-refractivity contribution in [2.45, 2.75) is 0 Å². The fraction of sp³-hybridized carbons (Fsp3) is 0. The first-order valence-corrected chi connectivity index (χ1v) is 7.30. The minimum Gasteiger partial charge on any atom is -0.368 e. The topological polar surface area (TPSA) is 76.7 Å². The number of nitrogens with two attached hydrogens (primary N) is 1. The molecule has 4 rings (SSSR count). The number of hydrogen-bond acceptors (Lipinski definition) is 6. The fourth-order valence-corrected chi connectivity index (χ4v) is 3.03. The number of hydrogen-bond donors (Lipinski definition) is 2. The molecule has 0 bridgehead atoms. The van der Waals surface area contributed by atoms with Crippen LogP contribution in [0.5, 0.6) is 0 Å². The molecule has 1 aromatic carbocycles. The van der Waals surface area contributed by atoms with Crippen molar-refractivity contribution in [1.82, 2.24) is 15.0 Å². The molecule has 0 unspecified atom stereocenters. The van der Waals surface area contributed by atoms with E-state index >= 15 is 0 Å². The number of nitrogens with zero attached hydrogens (tertiary/aromatic N) is 3. The van der Waals surface area contributed by atoms with Crippen LogP contribution >= 0.6 is 11.3 Å². The molecule has 6 heteroatoms. The number of thiophene rings is 1. The summed E-state index contributed by atoms with van der Waals surface area (Å²) in [7, 11) is 0. The Morgan fingerprint density at radius 1 is 1.10 bits per heavy atom. The molecule has 3 N–H and O–H groups in total. The molecule has 0 aliphatic carbocycles. The molecule has 0 fully saturated rings. The Kier molecular flexibility index (Phi) is 2.68. The average molecular weight is 293 g/mol. The number of benzene rings is 1. The molecule has 3 aromatic heterocycles. The van der Waals surface area contributed by atoms with E-state index in [9.17, 15) is 0 Å². The molecule has 4 aromatic rings. The number of pyridine rings is 1. The molecule has 0 spiro atoms. The molecule has 21 heavy (non-hydrogen) atoms. The van der Waals surface area contributed by atoms with Crippen molar-refractivity contribution in [3.8, 4) is 0 Å². The number of nitrogens with one attached hydrogen (secondary N) is 1. The molecule has 3 heterocycles. The average Bonchev–Trinajstić information content (AvgIpc) is 2.95. The van der Waals surface area contributed by atoms with Gasteiger partial charge in [-0.2, -0.15) is 4.98 Å². The highest BCUT2D eigenvalue weighted by molar-refractivity contribution is 7.16. The van der Waals surface area contributed by atoms with Gasteiger partial charge in [0, 0.05) is 17.3 Å². The van der Waals surface area contributed by atoms with Crippen LogP contribution in [0.4, 0.5) is 17.5 Å². The van der Waals surface area contributed by atoms with Crippen LogP contribution in [0.1, 0.15) is 0 Å². The van der Waals surface area contributed by atoms with Crippen LogP contribution in [0, 0.1) is 0 Å². The second-order valence-electron chi connectivity index (χ2n) is 4.61. The standard InChI is InChI=1S/C15H11N5S/c16-15-19-13(11-5-7-21-14(11)20-15)18-10-3-4-12-9(8-10)2-1-6-17-12/h1-8H,(H3,16,18,19,20). The second kappa shape index (κ2) is 4.68. The second-order valence-corrected chi connectivity index (χ2v) is 5.50. The molecule has 0 aliphatic rings. The van der Waals surface area contributed by atoms with E-state index in [1.165, 1.54) is 0 Å². The molecule has 0 amide bonds. The van der Waals surface area contributed by atoms with Crippen LogP contribution in [0.3, 0.4) is 0 Å². The lowest BCUT2D eigenvalue weighted by molar-refractivity contribution is 1.24. The largest absolute Gasteiger partial charge is 0.368 e. The van der Waals surface area contributed by atoms with Gasteiger partial charge in [0.15, 0.2) is 0 Å². The number of nitrogen functional groups attached to an aromatic ring is 1. The lowest BCUT2D eigenvalue weighted by Crippen LogP contribution is -2.00. The maximum atomic E-state index is 5.76. The molecule has 5 nitrogen and oxygen atoms in total. The highest BCUT2D eigenvalue weighted by atomic mass is 32.1. The van der Waals surface area contributed by atoms with Crippen molar-refractivity contribution >= 4 is 49.9 Å². The van der Waals surface area contributed by atoms with Gasteiger partial charge in [0.05, 0.1) is 10.9 Å². The summed E-state index contributed by atoms with van der Waals surface area (Å²) >= 11 is 1.55. The van der Waals surface area contributed by atoms with E-state index in [1.807, 2.05) is 41.8 Å². The highest BCUT2D eigenvalue weighted by Gasteiger charge is 2.08. The van der Waals surface area contributed by atoms with Gasteiger partial charge in [0.2, 0.25) is 5.95 Å². The smallest absolute Gasteiger partial charge is 0.223 e. The molecule has 0 saturated carbocycles. The Labute approximate surface area is 124 Å². The quantitative estimate of drug-likeness (QED) is 0.591. The van der Waals surface area contributed by atoms with Crippen molar-refractivity contribution in [2.24, 2.45) is 0 Å². The third-order valence-electron chi connectivity index (χ3n) is 3.21. The van der Waals surface area contributed by atoms with Gasteiger partial charge in [-0.1, -0.05) is 6.07 Å². The zero-order valence-corrected chi connectivity index (χ0v) is 11.8. The van der Waals surface area contributed by atoms with Crippen molar-refractivity contribution in [3.63, 3.8) is 0 Å². The Bertz CT molecular complexity index is 947. The third kappa shape index (κ3) is 2.15. The lowest BCUT2D eigenvalue weighted by Gasteiger charge is -2.08. The van der Waals surface area contributed by atoms with Gasteiger partial charge in [0.25, 0.3) is 0 Å². The maximum absolute atomic E-state index is 5.76. The van der Waals surface area contributed by atoms with Crippen LogP contribution in [0.15, 0.2) is 48.0 Å². The van der Waals surface area contributed by atoms with Gasteiger partial charge in [0.1, 0.15) is 10.6 Å². The summed E-state index contributed by atoms with van der Waals surface area (Å²) in [5.74, 6) is 0.997. The number of anilines is 3. The monoisotopic (exact) mass is 293 g/mol. The van der Waals surface area contributed by atoms with Gasteiger partial charge in [-0.15, -0.1) is 11.3 Å². The molecule has 102 valence electrons. The summed E-state index contributed by atoms with van der Waals surface area (Å²) in [6.07, 6.45) is 1.79. The van der Waals surface area contributed by atoms with E-state index in [4.69, 9.17) is 5.73 Å². The number of aromatic nitrogens is 3. The van der Waals surface area contributed by atoms with Crippen molar-refractivity contribution in [1.29, 1.82) is 0 Å². The van der Waals surface area contributed by atoms with Crippen molar-refractivity contribution in [3.05, 3.63) is 48.0 Å². The summed E-state index contributed by atoms with van der Waals surface area (Å²) in [4.78, 5) is 13.7. The Morgan fingerprint density at radius 3 is 3.00 bits per heavy atom. The van der Waals surface area contributed by atoms with Gasteiger partial charge in [-0.05, 0) is 35.7 Å². The zero-order chi connectivity index (χ0) is 14.2. The molecule has 0 atom stereocenters. The molecular formula is C15H11N5S. The van der Waals surface area contributed by atoms with E-state index in [0.717, 1.165) is 32.6 Å². The van der Waals surface area contributed by atoms with Crippen molar-refractivity contribution in [2.75, 3.05) is 11.1 Å². The summed E-state index contributed by atoms with van der Waals surface area (Å²) in [6.45, 7) is 0. The van der Waals surface area contributed by atoms with Gasteiger partial charge in [-0.25, -0.2) is 4.98 Å². The first-order chi connectivity index (χ1) is 10.3. The summed E-state index contributed by atoms with van der Waals surface area (Å²) in [5, 5.41) is 7.34. The summed E-state index contributed by atoms with van der Waals surface area (Å²) in [5.41, 5.74) is 7.67. The van der Waals surface area contributed by atoms with Gasteiger partial charge >= 0.3 is 0 Å².